The first kappa shape index (κ1) is 11.9. The monoisotopic (exact) mass is 245 g/mol. The van der Waals surface area contributed by atoms with E-state index in [4.69, 9.17) is 9.84 Å². The first-order valence-electron chi connectivity index (χ1n) is 5.20. The summed E-state index contributed by atoms with van der Waals surface area (Å²) in [5, 5.41) is 18.9. The van der Waals surface area contributed by atoms with E-state index in [1.807, 2.05) is 0 Å². The van der Waals surface area contributed by atoms with Crippen LogP contribution in [0.15, 0.2) is 36.4 Å². The topological polar surface area (TPSA) is 79.7 Å². The molecule has 0 radical (unpaired) electrons. The van der Waals surface area contributed by atoms with Gasteiger partial charge in [0.05, 0.1) is 7.11 Å². The van der Waals surface area contributed by atoms with Gasteiger partial charge in [-0.05, 0) is 12.1 Å². The summed E-state index contributed by atoms with van der Waals surface area (Å²) < 4.78 is 4.89. The fourth-order valence-corrected chi connectivity index (χ4v) is 1.64. The highest BCUT2D eigenvalue weighted by atomic mass is 16.5. The molecule has 0 aliphatic heterocycles. The Morgan fingerprint density at radius 3 is 2.50 bits per heavy atom. The molecule has 0 spiro atoms. The van der Waals surface area contributed by atoms with Crippen molar-refractivity contribution >= 4 is 5.97 Å². The normalized spacial score (nSPS) is 10.1. The summed E-state index contributed by atoms with van der Waals surface area (Å²) in [7, 11) is 1.41. The SMILES string of the molecule is COc1ccc(-c2ccccc2O)c(C(=O)O)n1. The molecule has 0 aliphatic rings. The highest BCUT2D eigenvalue weighted by molar-refractivity contribution is 5.95. The third-order valence-corrected chi connectivity index (χ3v) is 2.48. The number of nitrogens with zero attached hydrogens (tertiary/aromatic N) is 1. The lowest BCUT2D eigenvalue weighted by molar-refractivity contribution is 0.0690. The van der Waals surface area contributed by atoms with Crippen molar-refractivity contribution in [2.45, 2.75) is 0 Å². The summed E-state index contributed by atoms with van der Waals surface area (Å²) >= 11 is 0. The van der Waals surface area contributed by atoms with Crippen LogP contribution in [0, 0.1) is 0 Å². The zero-order valence-electron chi connectivity index (χ0n) is 9.62. The number of pyridine rings is 1. The lowest BCUT2D eigenvalue weighted by Gasteiger charge is -2.08. The number of aromatic carboxylic acids is 1. The van der Waals surface area contributed by atoms with E-state index in [0.717, 1.165) is 0 Å². The second-order valence-corrected chi connectivity index (χ2v) is 3.57. The Bertz CT molecular complexity index is 595. The van der Waals surface area contributed by atoms with E-state index in [-0.39, 0.29) is 17.3 Å². The summed E-state index contributed by atoms with van der Waals surface area (Å²) in [4.78, 5) is 15.1. The molecule has 1 aromatic carbocycles. The number of aromatic nitrogens is 1. The molecule has 1 aromatic heterocycles. The average molecular weight is 245 g/mol. The van der Waals surface area contributed by atoms with Crippen molar-refractivity contribution < 1.29 is 19.7 Å². The number of phenols is 1. The van der Waals surface area contributed by atoms with Gasteiger partial charge in [0.1, 0.15) is 5.75 Å². The van der Waals surface area contributed by atoms with Crippen molar-refractivity contribution in [3.63, 3.8) is 0 Å². The van der Waals surface area contributed by atoms with Crippen LogP contribution < -0.4 is 4.74 Å². The molecule has 2 rings (SSSR count). The fraction of sp³-hybridized carbons (Fsp3) is 0.0769. The predicted octanol–water partition coefficient (Wildman–Crippen LogP) is 2.16. The molecule has 0 saturated carbocycles. The van der Waals surface area contributed by atoms with Crippen LogP contribution in [0.5, 0.6) is 11.6 Å². The number of hydrogen-bond acceptors (Lipinski definition) is 4. The predicted molar refractivity (Wildman–Crippen MR) is 64.8 cm³/mol. The minimum Gasteiger partial charge on any atom is -0.507 e. The molecule has 0 amide bonds. The maximum Gasteiger partial charge on any atom is 0.355 e. The number of para-hydroxylation sites is 1. The molecule has 1 heterocycles. The van der Waals surface area contributed by atoms with Gasteiger partial charge in [-0.15, -0.1) is 0 Å². The van der Waals surface area contributed by atoms with E-state index in [1.54, 1.807) is 30.3 Å². The van der Waals surface area contributed by atoms with Gasteiger partial charge in [0.25, 0.3) is 0 Å². The summed E-state index contributed by atoms with van der Waals surface area (Å²) in [6, 6.07) is 9.61. The molecular formula is C13H11NO4. The first-order chi connectivity index (χ1) is 8.63. The number of benzene rings is 1. The zero-order valence-corrected chi connectivity index (χ0v) is 9.62. The highest BCUT2D eigenvalue weighted by Gasteiger charge is 2.16. The number of carboxylic acids is 1. The third-order valence-electron chi connectivity index (χ3n) is 2.48. The van der Waals surface area contributed by atoms with Crippen molar-refractivity contribution in [2.24, 2.45) is 0 Å². The molecule has 0 unspecified atom stereocenters. The molecule has 0 fully saturated rings. The molecule has 92 valence electrons. The number of carboxylic acid groups (broad SMARTS) is 1. The Morgan fingerprint density at radius 2 is 1.89 bits per heavy atom. The van der Waals surface area contributed by atoms with Crippen LogP contribution in [0.25, 0.3) is 11.1 Å². The number of ether oxygens (including phenoxy) is 1. The number of phenolic OH excluding ortho intramolecular Hbond substituents is 1. The quantitative estimate of drug-likeness (QED) is 0.866. The standard InChI is InChI=1S/C13H11NO4/c1-18-11-7-6-9(12(14-11)13(16)17)8-4-2-3-5-10(8)15/h2-7,15H,1H3,(H,16,17). The lowest BCUT2D eigenvalue weighted by Crippen LogP contribution is -2.04. The van der Waals surface area contributed by atoms with Crippen LogP contribution in [0.4, 0.5) is 0 Å². The maximum absolute atomic E-state index is 11.2. The molecule has 2 aromatic rings. The number of carbonyl (C=O) groups is 1. The van der Waals surface area contributed by atoms with Crippen molar-refractivity contribution in [3.05, 3.63) is 42.1 Å². The summed E-state index contributed by atoms with van der Waals surface area (Å²) in [5.41, 5.74) is 0.613. The smallest absolute Gasteiger partial charge is 0.355 e. The second-order valence-electron chi connectivity index (χ2n) is 3.57. The summed E-state index contributed by atoms with van der Waals surface area (Å²) in [6.45, 7) is 0. The fourth-order valence-electron chi connectivity index (χ4n) is 1.64. The van der Waals surface area contributed by atoms with Crippen LogP contribution in [-0.4, -0.2) is 28.3 Å². The van der Waals surface area contributed by atoms with Crippen molar-refractivity contribution in [2.75, 3.05) is 7.11 Å². The lowest BCUT2D eigenvalue weighted by atomic mass is 10.0. The van der Waals surface area contributed by atoms with Crippen molar-refractivity contribution in [3.8, 4) is 22.8 Å². The van der Waals surface area contributed by atoms with E-state index in [2.05, 4.69) is 4.98 Å². The second kappa shape index (κ2) is 4.75. The van der Waals surface area contributed by atoms with Gasteiger partial charge in [-0.2, -0.15) is 0 Å². The van der Waals surface area contributed by atoms with E-state index in [1.165, 1.54) is 13.2 Å². The third kappa shape index (κ3) is 2.10. The molecule has 5 nitrogen and oxygen atoms in total. The minimum atomic E-state index is -1.17. The van der Waals surface area contributed by atoms with Gasteiger partial charge in [0.2, 0.25) is 5.88 Å². The Hall–Kier alpha value is -2.56. The molecule has 0 bridgehead atoms. The summed E-state index contributed by atoms with van der Waals surface area (Å²) in [5.74, 6) is -0.953. The number of methoxy groups -OCH3 is 1. The van der Waals surface area contributed by atoms with Gasteiger partial charge in [-0.25, -0.2) is 9.78 Å². The van der Waals surface area contributed by atoms with Gasteiger partial charge in [-0.3, -0.25) is 0 Å². The average Bonchev–Trinajstić information content (AvgIpc) is 2.38. The van der Waals surface area contributed by atoms with Crippen molar-refractivity contribution in [1.29, 1.82) is 0 Å². The Kier molecular flexibility index (Phi) is 3.14. The van der Waals surface area contributed by atoms with Gasteiger partial charge in [0.15, 0.2) is 5.69 Å². The molecule has 2 N–H and O–H groups in total. The molecule has 0 atom stereocenters. The van der Waals surface area contributed by atoms with Crippen LogP contribution >= 0.6 is 0 Å². The molecule has 18 heavy (non-hydrogen) atoms. The number of aromatic hydroxyl groups is 1. The van der Waals surface area contributed by atoms with Gasteiger partial charge >= 0.3 is 5.97 Å². The molecule has 5 heteroatoms. The van der Waals surface area contributed by atoms with E-state index >= 15 is 0 Å². The van der Waals surface area contributed by atoms with Crippen LogP contribution in [-0.2, 0) is 0 Å². The highest BCUT2D eigenvalue weighted by Crippen LogP contribution is 2.31. The number of hydrogen-bond donors (Lipinski definition) is 2. The maximum atomic E-state index is 11.2. The van der Waals surface area contributed by atoms with Crippen LogP contribution in [0.1, 0.15) is 10.5 Å². The van der Waals surface area contributed by atoms with Crippen LogP contribution in [0.3, 0.4) is 0 Å². The largest absolute Gasteiger partial charge is 0.507 e. The minimum absolute atomic E-state index is 0.00645. The van der Waals surface area contributed by atoms with Crippen LogP contribution in [0.2, 0.25) is 0 Å². The van der Waals surface area contributed by atoms with Gasteiger partial charge in [0, 0.05) is 17.2 Å². The van der Waals surface area contributed by atoms with Gasteiger partial charge < -0.3 is 14.9 Å². The van der Waals surface area contributed by atoms with E-state index < -0.39 is 5.97 Å². The Labute approximate surface area is 103 Å². The van der Waals surface area contributed by atoms with Gasteiger partial charge in [-0.1, -0.05) is 18.2 Å². The van der Waals surface area contributed by atoms with Crippen molar-refractivity contribution in [1.82, 2.24) is 4.98 Å². The molecular weight excluding hydrogens is 234 g/mol. The Morgan fingerprint density at radius 1 is 1.17 bits per heavy atom. The summed E-state index contributed by atoms with van der Waals surface area (Å²) in [6.07, 6.45) is 0. The molecule has 0 saturated heterocycles. The molecule has 0 aliphatic carbocycles. The first-order valence-corrected chi connectivity index (χ1v) is 5.20. The number of rotatable bonds is 3. The zero-order chi connectivity index (χ0) is 13.1. The Balaban J connectivity index is 2.64. The van der Waals surface area contributed by atoms with E-state index in [0.29, 0.717) is 11.1 Å². The van der Waals surface area contributed by atoms with E-state index in [9.17, 15) is 9.90 Å².